The van der Waals surface area contributed by atoms with Crippen LogP contribution in [0.15, 0.2) is 42.6 Å². The van der Waals surface area contributed by atoms with Crippen molar-refractivity contribution in [2.75, 3.05) is 13.1 Å². The molecule has 4 rings (SSSR count). The summed E-state index contributed by atoms with van der Waals surface area (Å²) in [6.45, 7) is 1.34. The Labute approximate surface area is 144 Å². The molecule has 3 heterocycles. The lowest BCUT2D eigenvalue weighted by Gasteiger charge is -2.32. The van der Waals surface area contributed by atoms with E-state index in [1.807, 2.05) is 17.0 Å². The highest BCUT2D eigenvalue weighted by Gasteiger charge is 2.26. The smallest absolute Gasteiger partial charge is 0.227 e. The Kier molecular flexibility index (Phi) is 4.17. The first-order valence-corrected chi connectivity index (χ1v) is 8.52. The number of rotatable bonds is 3. The zero-order valence-corrected chi connectivity index (χ0v) is 13.8. The number of aromatic amines is 1. The molecule has 0 saturated carbocycles. The highest BCUT2D eigenvalue weighted by atomic mass is 19.1. The van der Waals surface area contributed by atoms with Crippen molar-refractivity contribution in [2.24, 2.45) is 0 Å². The Balaban J connectivity index is 1.48. The van der Waals surface area contributed by atoms with Gasteiger partial charge >= 0.3 is 0 Å². The molecule has 1 fully saturated rings. The highest BCUT2D eigenvalue weighted by molar-refractivity contribution is 5.79. The van der Waals surface area contributed by atoms with Gasteiger partial charge in [-0.2, -0.15) is 5.10 Å². The zero-order chi connectivity index (χ0) is 17.2. The van der Waals surface area contributed by atoms with Crippen LogP contribution in [0.1, 0.15) is 30.0 Å². The number of fused-ring (bicyclic) bond motifs is 1. The van der Waals surface area contributed by atoms with Gasteiger partial charge < -0.3 is 4.90 Å². The maximum Gasteiger partial charge on any atom is 0.227 e. The van der Waals surface area contributed by atoms with Crippen LogP contribution in [0.3, 0.4) is 0 Å². The van der Waals surface area contributed by atoms with E-state index in [0.29, 0.717) is 12.1 Å². The summed E-state index contributed by atoms with van der Waals surface area (Å²) in [6.07, 6.45) is 3.77. The van der Waals surface area contributed by atoms with E-state index in [-0.39, 0.29) is 24.1 Å². The molecule has 1 amide bonds. The first kappa shape index (κ1) is 15.7. The van der Waals surface area contributed by atoms with Gasteiger partial charge in [-0.15, -0.1) is 0 Å². The second-order valence-corrected chi connectivity index (χ2v) is 6.49. The van der Waals surface area contributed by atoms with Crippen molar-refractivity contribution in [3.8, 4) is 0 Å². The Hall–Kier alpha value is -2.76. The fraction of sp³-hybridized carbons (Fsp3) is 0.316. The first-order chi connectivity index (χ1) is 12.2. The SMILES string of the molecule is O=C(Cc1ccccc1F)N1CCC[C@@H](c2ccc3cn[nH]c3n2)C1. The summed E-state index contributed by atoms with van der Waals surface area (Å²) in [5, 5.41) is 7.87. The number of halogens is 1. The second kappa shape index (κ2) is 6.63. The van der Waals surface area contributed by atoms with Gasteiger partial charge in [0.05, 0.1) is 12.6 Å². The van der Waals surface area contributed by atoms with Crippen LogP contribution >= 0.6 is 0 Å². The molecular weight excluding hydrogens is 319 g/mol. The van der Waals surface area contributed by atoms with E-state index >= 15 is 0 Å². The predicted molar refractivity (Wildman–Crippen MR) is 92.5 cm³/mol. The number of nitrogens with one attached hydrogen (secondary N) is 1. The van der Waals surface area contributed by atoms with Crippen molar-refractivity contribution in [1.29, 1.82) is 0 Å². The number of hydrogen-bond donors (Lipinski definition) is 1. The third kappa shape index (κ3) is 3.24. The summed E-state index contributed by atoms with van der Waals surface area (Å²) in [5.74, 6) is -0.154. The number of carbonyl (C=O) groups is 1. The summed E-state index contributed by atoms with van der Waals surface area (Å²) < 4.78 is 13.8. The largest absolute Gasteiger partial charge is 0.342 e. The third-order valence-electron chi connectivity index (χ3n) is 4.81. The molecule has 6 heteroatoms. The molecule has 5 nitrogen and oxygen atoms in total. The first-order valence-electron chi connectivity index (χ1n) is 8.52. The maximum atomic E-state index is 13.8. The lowest BCUT2D eigenvalue weighted by molar-refractivity contribution is -0.131. The Morgan fingerprint density at radius 3 is 3.04 bits per heavy atom. The third-order valence-corrected chi connectivity index (χ3v) is 4.81. The lowest BCUT2D eigenvalue weighted by Crippen LogP contribution is -2.40. The number of likely N-dealkylation sites (tertiary alicyclic amines) is 1. The fourth-order valence-electron chi connectivity index (χ4n) is 3.43. The van der Waals surface area contributed by atoms with Crippen molar-refractivity contribution in [2.45, 2.75) is 25.2 Å². The molecule has 1 atom stereocenters. The number of amides is 1. The van der Waals surface area contributed by atoms with Gasteiger partial charge in [-0.1, -0.05) is 18.2 Å². The van der Waals surface area contributed by atoms with Crippen molar-refractivity contribution in [3.63, 3.8) is 0 Å². The van der Waals surface area contributed by atoms with Gasteiger partial charge in [0.15, 0.2) is 5.65 Å². The standard InChI is InChI=1S/C19H19FN4O/c20-16-6-2-1-4-13(16)10-18(25)24-9-3-5-15(12-24)17-8-7-14-11-21-23-19(14)22-17/h1-2,4,6-8,11,15H,3,5,9-10,12H2,(H,21,22,23)/t15-/m1/s1. The molecule has 2 aromatic heterocycles. The van der Waals surface area contributed by atoms with Crippen molar-refractivity contribution in [3.05, 3.63) is 59.7 Å². The van der Waals surface area contributed by atoms with Gasteiger partial charge in [-0.25, -0.2) is 9.37 Å². The monoisotopic (exact) mass is 338 g/mol. The molecule has 25 heavy (non-hydrogen) atoms. The lowest BCUT2D eigenvalue weighted by atomic mass is 9.93. The summed E-state index contributed by atoms with van der Waals surface area (Å²) in [5.41, 5.74) is 2.19. The molecular formula is C19H19FN4O. The van der Waals surface area contributed by atoms with Crippen LogP contribution in [0.25, 0.3) is 11.0 Å². The Morgan fingerprint density at radius 1 is 1.28 bits per heavy atom. The molecule has 1 aliphatic heterocycles. The van der Waals surface area contributed by atoms with Gasteiger partial charge in [0.25, 0.3) is 0 Å². The van der Waals surface area contributed by atoms with E-state index in [1.54, 1.807) is 24.4 Å². The number of hydrogen-bond acceptors (Lipinski definition) is 3. The van der Waals surface area contributed by atoms with Crippen LogP contribution in [-0.2, 0) is 11.2 Å². The predicted octanol–water partition coefficient (Wildman–Crippen LogP) is 3.05. The van der Waals surface area contributed by atoms with Crippen LogP contribution in [0, 0.1) is 5.82 Å². The number of carbonyl (C=O) groups excluding carboxylic acids is 1. The number of H-pyrrole nitrogens is 1. The highest BCUT2D eigenvalue weighted by Crippen LogP contribution is 2.27. The van der Waals surface area contributed by atoms with Crippen LogP contribution in [0.5, 0.6) is 0 Å². The van der Waals surface area contributed by atoms with Crippen molar-refractivity contribution in [1.82, 2.24) is 20.1 Å². The second-order valence-electron chi connectivity index (χ2n) is 6.49. The number of nitrogens with zero attached hydrogens (tertiary/aromatic N) is 3. The van der Waals surface area contributed by atoms with E-state index in [1.165, 1.54) is 6.07 Å². The summed E-state index contributed by atoms with van der Waals surface area (Å²) >= 11 is 0. The Morgan fingerprint density at radius 2 is 2.16 bits per heavy atom. The average Bonchev–Trinajstić information content (AvgIpc) is 3.11. The topological polar surface area (TPSA) is 61.9 Å². The van der Waals surface area contributed by atoms with Crippen LogP contribution < -0.4 is 0 Å². The summed E-state index contributed by atoms with van der Waals surface area (Å²) in [4.78, 5) is 19.1. The molecule has 3 aromatic rings. The molecule has 128 valence electrons. The number of aromatic nitrogens is 3. The molecule has 1 saturated heterocycles. The molecule has 1 aliphatic rings. The minimum absolute atomic E-state index is 0.0302. The number of pyridine rings is 1. The van der Waals surface area contributed by atoms with Gasteiger partial charge in [-0.3, -0.25) is 9.89 Å². The molecule has 0 radical (unpaired) electrons. The van der Waals surface area contributed by atoms with Crippen LogP contribution in [0.4, 0.5) is 4.39 Å². The molecule has 1 N–H and O–H groups in total. The molecule has 0 aliphatic carbocycles. The van der Waals surface area contributed by atoms with E-state index in [9.17, 15) is 9.18 Å². The van der Waals surface area contributed by atoms with Gasteiger partial charge in [-0.05, 0) is 36.6 Å². The maximum absolute atomic E-state index is 13.8. The minimum Gasteiger partial charge on any atom is -0.342 e. The summed E-state index contributed by atoms with van der Waals surface area (Å²) in [7, 11) is 0. The quantitative estimate of drug-likeness (QED) is 0.798. The van der Waals surface area contributed by atoms with E-state index in [2.05, 4.69) is 15.2 Å². The molecule has 0 unspecified atom stereocenters. The van der Waals surface area contributed by atoms with Crippen LogP contribution in [-0.4, -0.2) is 39.1 Å². The molecule has 0 bridgehead atoms. The fourth-order valence-corrected chi connectivity index (χ4v) is 3.43. The average molecular weight is 338 g/mol. The van der Waals surface area contributed by atoms with E-state index in [0.717, 1.165) is 36.1 Å². The number of piperidine rings is 1. The zero-order valence-electron chi connectivity index (χ0n) is 13.8. The van der Waals surface area contributed by atoms with Gasteiger partial charge in [0.1, 0.15) is 5.82 Å². The molecule has 0 spiro atoms. The summed E-state index contributed by atoms with van der Waals surface area (Å²) in [6, 6.07) is 10.5. The van der Waals surface area contributed by atoms with Crippen molar-refractivity contribution >= 4 is 16.9 Å². The normalized spacial score (nSPS) is 17.8. The minimum atomic E-state index is -0.323. The Bertz CT molecular complexity index is 907. The van der Waals surface area contributed by atoms with Crippen LogP contribution in [0.2, 0.25) is 0 Å². The van der Waals surface area contributed by atoms with E-state index < -0.39 is 0 Å². The van der Waals surface area contributed by atoms with Gasteiger partial charge in [0.2, 0.25) is 5.91 Å². The van der Waals surface area contributed by atoms with E-state index in [4.69, 9.17) is 0 Å². The van der Waals surface area contributed by atoms with Crippen molar-refractivity contribution < 1.29 is 9.18 Å². The molecule has 1 aromatic carbocycles. The number of benzene rings is 1. The van der Waals surface area contributed by atoms with Gasteiger partial charge in [0, 0.05) is 30.1 Å².